The smallest absolute Gasteiger partial charge is 0.136 e. The van der Waals surface area contributed by atoms with Crippen molar-refractivity contribution in [3.63, 3.8) is 0 Å². The molecule has 6 aliphatic heterocycles. The van der Waals surface area contributed by atoms with Crippen molar-refractivity contribution in [2.45, 2.75) is 166 Å². The molecular weight excluding hydrogens is 558 g/mol. The summed E-state index contributed by atoms with van der Waals surface area (Å²) >= 11 is 0. The molecule has 10 aliphatic rings. The Hall–Kier alpha value is -0.770. The molecule has 10 rings (SSSR count). The van der Waals surface area contributed by atoms with E-state index < -0.39 is 0 Å². The van der Waals surface area contributed by atoms with Gasteiger partial charge in [-0.15, -0.1) is 0 Å². The van der Waals surface area contributed by atoms with E-state index in [-0.39, 0.29) is 52.7 Å². The van der Waals surface area contributed by atoms with Gasteiger partial charge in [0, 0.05) is 19.3 Å². The van der Waals surface area contributed by atoms with Crippen molar-refractivity contribution in [3.8, 4) is 0 Å². The van der Waals surface area contributed by atoms with Crippen LogP contribution in [0.1, 0.15) is 119 Å². The summed E-state index contributed by atoms with van der Waals surface area (Å²) in [6.45, 7) is 16.6. The van der Waals surface area contributed by atoms with Crippen molar-refractivity contribution >= 4 is 5.71 Å². The molecule has 4 bridgehead atoms. The molecule has 6 heterocycles. The van der Waals surface area contributed by atoms with Crippen LogP contribution in [0.3, 0.4) is 0 Å². The molecule has 0 unspecified atom stereocenters. The van der Waals surface area contributed by atoms with E-state index in [4.69, 9.17) is 39.0 Å². The van der Waals surface area contributed by atoms with Crippen LogP contribution in [-0.4, -0.2) is 59.1 Å². The standard InChI is InChI=1S/C36H57NO7/c1-8-38-37-28(32-23(5)27-12-10-21(3)25-14-16-34(7)19-31(40-32)36(25,27)44-42-34)17-29-22(4)26-11-9-20(2)24-13-15-33(6)18-30(39-29)35(24,26)43-41-33/h20-27,29-32H,8-19H2,1-7H3/b37-28-/t20-,21-,22-,23-,24+,25+,26+,27+,29-,30-,31-,32+,33+,34+,35-,36-/m1/s1. The minimum atomic E-state index is -0.374. The molecule has 4 aliphatic carbocycles. The van der Waals surface area contributed by atoms with E-state index in [1.165, 1.54) is 12.8 Å². The van der Waals surface area contributed by atoms with Crippen LogP contribution < -0.4 is 0 Å². The fourth-order valence-corrected chi connectivity index (χ4v) is 12.2. The van der Waals surface area contributed by atoms with Crippen LogP contribution in [0, 0.1) is 47.3 Å². The van der Waals surface area contributed by atoms with Crippen molar-refractivity contribution in [3.05, 3.63) is 0 Å². The molecule has 0 aromatic carbocycles. The van der Waals surface area contributed by atoms with E-state index >= 15 is 0 Å². The summed E-state index contributed by atoms with van der Waals surface area (Å²) in [5.74, 6) is 3.47. The molecule has 248 valence electrons. The van der Waals surface area contributed by atoms with E-state index in [0.717, 1.165) is 63.5 Å². The molecular formula is C36H57NO7. The molecule has 0 N–H and O–H groups in total. The number of oxime groups is 1. The molecule has 0 aromatic heterocycles. The lowest BCUT2D eigenvalue weighted by Gasteiger charge is -2.62. The number of hydrogen-bond acceptors (Lipinski definition) is 8. The maximum atomic E-state index is 7.26. The third-order valence-electron chi connectivity index (χ3n) is 14.6. The second-order valence-corrected chi connectivity index (χ2v) is 17.1. The zero-order valence-electron chi connectivity index (χ0n) is 28.2. The molecule has 2 spiro atoms. The summed E-state index contributed by atoms with van der Waals surface area (Å²) < 4.78 is 14.5. The van der Waals surface area contributed by atoms with Crippen LogP contribution in [0.5, 0.6) is 0 Å². The van der Waals surface area contributed by atoms with Crippen molar-refractivity contribution in [2.24, 2.45) is 52.5 Å². The highest BCUT2D eigenvalue weighted by molar-refractivity contribution is 5.89. The highest BCUT2D eigenvalue weighted by Crippen LogP contribution is 2.63. The molecule has 10 fully saturated rings. The van der Waals surface area contributed by atoms with Crippen molar-refractivity contribution < 1.29 is 33.9 Å². The quantitative estimate of drug-likeness (QED) is 0.184. The van der Waals surface area contributed by atoms with Gasteiger partial charge < -0.3 is 14.3 Å². The first-order chi connectivity index (χ1) is 21.0. The van der Waals surface area contributed by atoms with Gasteiger partial charge in [0.2, 0.25) is 0 Å². The van der Waals surface area contributed by atoms with E-state index in [2.05, 4.69) is 41.5 Å². The second kappa shape index (κ2) is 10.6. The molecule has 16 atom stereocenters. The lowest BCUT2D eigenvalue weighted by atomic mass is 9.55. The summed E-state index contributed by atoms with van der Waals surface area (Å²) in [7, 11) is 0. The fourth-order valence-electron chi connectivity index (χ4n) is 12.2. The molecule has 44 heavy (non-hydrogen) atoms. The predicted molar refractivity (Wildman–Crippen MR) is 164 cm³/mol. The van der Waals surface area contributed by atoms with Gasteiger partial charge >= 0.3 is 0 Å². The molecule has 6 saturated heterocycles. The minimum Gasteiger partial charge on any atom is -0.396 e. The van der Waals surface area contributed by atoms with Gasteiger partial charge in [0.15, 0.2) is 0 Å². The molecule has 8 heteroatoms. The largest absolute Gasteiger partial charge is 0.396 e. The van der Waals surface area contributed by atoms with Crippen LogP contribution in [0.4, 0.5) is 0 Å². The third-order valence-corrected chi connectivity index (χ3v) is 14.6. The van der Waals surface area contributed by atoms with Gasteiger partial charge in [-0.1, -0.05) is 32.9 Å². The number of hydrogen-bond donors (Lipinski definition) is 0. The monoisotopic (exact) mass is 615 g/mol. The summed E-state index contributed by atoms with van der Waals surface area (Å²) in [5.41, 5.74) is -0.304. The Morgan fingerprint density at radius 1 is 0.682 bits per heavy atom. The van der Waals surface area contributed by atoms with E-state index in [0.29, 0.717) is 48.0 Å². The third kappa shape index (κ3) is 4.25. The predicted octanol–water partition coefficient (Wildman–Crippen LogP) is 7.19. The normalized spacial score (nSPS) is 58.0. The van der Waals surface area contributed by atoms with Crippen molar-refractivity contribution in [1.82, 2.24) is 0 Å². The summed E-state index contributed by atoms with van der Waals surface area (Å²) in [6, 6.07) is 0. The number of fused-ring (bicyclic) bond motifs is 4. The molecule has 0 radical (unpaired) electrons. The van der Waals surface area contributed by atoms with Crippen molar-refractivity contribution in [2.75, 3.05) is 6.61 Å². The average molecular weight is 616 g/mol. The Bertz CT molecular complexity index is 1150. The lowest BCUT2D eigenvalue weighted by molar-refractivity contribution is -0.487. The first kappa shape index (κ1) is 30.6. The molecule has 4 saturated carbocycles. The number of nitrogens with zero attached hydrogens (tertiary/aromatic N) is 1. The van der Waals surface area contributed by atoms with Crippen LogP contribution in [0.15, 0.2) is 5.16 Å². The van der Waals surface area contributed by atoms with Gasteiger partial charge in [-0.2, -0.15) is 0 Å². The van der Waals surface area contributed by atoms with Crippen LogP contribution in [0.2, 0.25) is 0 Å². The zero-order valence-corrected chi connectivity index (χ0v) is 28.2. The number of rotatable bonds is 5. The fraction of sp³-hybridized carbons (Fsp3) is 0.972. The summed E-state index contributed by atoms with van der Waals surface area (Å²) in [6.07, 6.45) is 11.6. The van der Waals surface area contributed by atoms with Crippen LogP contribution in [-0.2, 0) is 33.9 Å². The maximum Gasteiger partial charge on any atom is 0.136 e. The SMILES string of the molecule is CCO/N=C(/C[C@H]1O[C@@H]2C[C@]3(C)CC[C@H]4[C@H](C)CC[C@@H]([C@H]1C)[C@@]24OO3)[C@H]1O[C@@H]2C[C@]3(C)CC[C@H]4[C@H](C)CC[C@@H]([C@H]1C)[C@@]24OO3. The molecule has 0 amide bonds. The number of ether oxygens (including phenoxy) is 2. The first-order valence-electron chi connectivity index (χ1n) is 18.3. The first-order valence-corrected chi connectivity index (χ1v) is 18.3. The van der Waals surface area contributed by atoms with Crippen molar-refractivity contribution in [1.29, 1.82) is 0 Å². The van der Waals surface area contributed by atoms with Gasteiger partial charge in [0.1, 0.15) is 35.1 Å². The zero-order chi connectivity index (χ0) is 30.6. The Balaban J connectivity index is 1.11. The Kier molecular flexibility index (Phi) is 7.37. The van der Waals surface area contributed by atoms with E-state index in [9.17, 15) is 0 Å². The highest BCUT2D eigenvalue weighted by Gasteiger charge is 2.70. The summed E-state index contributed by atoms with van der Waals surface area (Å²) in [5, 5.41) is 4.86. The topological polar surface area (TPSA) is 77.0 Å². The van der Waals surface area contributed by atoms with Gasteiger partial charge in [-0.05, 0) is 119 Å². The Morgan fingerprint density at radius 3 is 1.80 bits per heavy atom. The van der Waals surface area contributed by atoms with Gasteiger partial charge in [0.05, 0.1) is 24.0 Å². The van der Waals surface area contributed by atoms with Crippen LogP contribution in [0.25, 0.3) is 0 Å². The molecule has 8 nitrogen and oxygen atoms in total. The summed E-state index contributed by atoms with van der Waals surface area (Å²) in [4.78, 5) is 31.5. The van der Waals surface area contributed by atoms with Gasteiger partial charge in [-0.3, -0.25) is 0 Å². The van der Waals surface area contributed by atoms with E-state index in [1.807, 2.05) is 6.92 Å². The highest BCUT2D eigenvalue weighted by atomic mass is 17.2. The second-order valence-electron chi connectivity index (χ2n) is 17.1. The van der Waals surface area contributed by atoms with Gasteiger partial charge in [-0.25, -0.2) is 19.6 Å². The van der Waals surface area contributed by atoms with Gasteiger partial charge in [0.25, 0.3) is 0 Å². The lowest BCUT2D eigenvalue weighted by Crippen LogP contribution is -2.71. The van der Waals surface area contributed by atoms with E-state index in [1.54, 1.807) is 0 Å². The Labute approximate surface area is 264 Å². The average Bonchev–Trinajstić information content (AvgIpc) is 3.37. The maximum absolute atomic E-state index is 7.26. The van der Waals surface area contributed by atoms with Crippen LogP contribution >= 0.6 is 0 Å². The molecule has 0 aromatic rings. The Morgan fingerprint density at radius 2 is 1.23 bits per heavy atom. The minimum absolute atomic E-state index is 0.00817.